The normalized spacial score (nSPS) is 30.2. The van der Waals surface area contributed by atoms with E-state index in [9.17, 15) is 61.0 Å². The molecule has 17 unspecified atom stereocenters. The van der Waals surface area contributed by atoms with Crippen molar-refractivity contribution in [3.8, 4) is 0 Å². The Morgan fingerprint density at radius 1 is 0.451 bits per heavy atom. The molecule has 0 aliphatic carbocycles. The molecule has 0 bridgehead atoms. The number of carbonyl (C=O) groups excluding carboxylic acids is 1. The molecule has 1 amide bonds. The van der Waals surface area contributed by atoms with Crippen LogP contribution in [0.25, 0.3) is 0 Å². The molecule has 3 aliphatic rings. The molecule has 0 spiro atoms. The Labute approximate surface area is 489 Å². The third-order valence-corrected chi connectivity index (χ3v) is 14.9. The van der Waals surface area contributed by atoms with Gasteiger partial charge >= 0.3 is 0 Å². The van der Waals surface area contributed by atoms with Gasteiger partial charge in [0.25, 0.3) is 0 Å². The SMILES string of the molecule is CC/C=C\C/C=C\C/C=C\C/C=C\C/C=C\CCCCCCCCCCCC(=O)NC(COC1OC(CO)C(OC2OC(CO)C(OC3OC(CO)C(O)C(O)C3O)C(O)C2O)C(O)C1O)C(O)/C=C/CC/C=C/CCCCCCCC. The van der Waals surface area contributed by atoms with Gasteiger partial charge in [-0.05, 0) is 77.0 Å². The average molecular weight is 1170 g/mol. The summed E-state index contributed by atoms with van der Waals surface area (Å²) in [6.45, 7) is 1.54. The minimum atomic E-state index is -1.98. The highest BCUT2D eigenvalue weighted by molar-refractivity contribution is 5.76. The van der Waals surface area contributed by atoms with Gasteiger partial charge in [0.2, 0.25) is 5.91 Å². The number of nitrogens with one attached hydrogen (secondary N) is 1. The summed E-state index contributed by atoms with van der Waals surface area (Å²) in [4.78, 5) is 13.3. The number of aliphatic hydroxyl groups is 11. The number of hydrogen-bond donors (Lipinski definition) is 12. The zero-order valence-corrected chi connectivity index (χ0v) is 49.2. The maximum absolute atomic E-state index is 13.3. The zero-order valence-electron chi connectivity index (χ0n) is 49.2. The van der Waals surface area contributed by atoms with Crippen molar-refractivity contribution < 1.29 is 89.4 Å². The van der Waals surface area contributed by atoms with Crippen LogP contribution >= 0.6 is 0 Å². The lowest BCUT2D eigenvalue weighted by Crippen LogP contribution is -2.66. The number of rotatable bonds is 44. The molecule has 82 heavy (non-hydrogen) atoms. The Kier molecular flexibility index (Phi) is 40.5. The molecule has 0 aromatic carbocycles. The van der Waals surface area contributed by atoms with E-state index in [4.69, 9.17) is 28.4 Å². The highest BCUT2D eigenvalue weighted by atomic mass is 16.8. The van der Waals surface area contributed by atoms with Crippen LogP contribution in [0, 0.1) is 0 Å². The minimum Gasteiger partial charge on any atom is -0.394 e. The van der Waals surface area contributed by atoms with E-state index >= 15 is 0 Å². The lowest BCUT2D eigenvalue weighted by Gasteiger charge is -2.48. The van der Waals surface area contributed by atoms with Crippen molar-refractivity contribution in [3.05, 3.63) is 85.1 Å². The maximum atomic E-state index is 13.3. The highest BCUT2D eigenvalue weighted by Crippen LogP contribution is 2.33. The van der Waals surface area contributed by atoms with Crippen LogP contribution in [0.3, 0.4) is 0 Å². The molecule has 12 N–H and O–H groups in total. The number of hydrogen-bond acceptors (Lipinski definition) is 18. The van der Waals surface area contributed by atoms with Gasteiger partial charge in [-0.15, -0.1) is 0 Å². The van der Waals surface area contributed by atoms with E-state index in [1.807, 2.05) is 6.08 Å². The van der Waals surface area contributed by atoms with Crippen molar-refractivity contribution in [1.82, 2.24) is 5.32 Å². The molecule has 472 valence electrons. The Hall–Kier alpha value is -3.03. The molecule has 0 radical (unpaired) electrons. The maximum Gasteiger partial charge on any atom is 0.220 e. The molecule has 3 fully saturated rings. The Morgan fingerprint density at radius 2 is 0.854 bits per heavy atom. The van der Waals surface area contributed by atoms with Crippen molar-refractivity contribution in [1.29, 1.82) is 0 Å². The van der Waals surface area contributed by atoms with Gasteiger partial charge in [-0.3, -0.25) is 4.79 Å². The van der Waals surface area contributed by atoms with Gasteiger partial charge < -0.3 is 89.9 Å². The molecule has 3 rings (SSSR count). The highest BCUT2D eigenvalue weighted by Gasteiger charge is 2.53. The Balaban J connectivity index is 1.46. The molecular formula is C63H107NO18. The molecule has 0 aromatic heterocycles. The van der Waals surface area contributed by atoms with E-state index in [1.165, 1.54) is 57.8 Å². The first-order chi connectivity index (χ1) is 39.8. The van der Waals surface area contributed by atoms with Crippen molar-refractivity contribution in [3.63, 3.8) is 0 Å². The number of unbranched alkanes of at least 4 members (excludes halogenated alkanes) is 16. The standard InChI is InChI=1S/C63H107NO18/c1-3-5-7-9-11-13-15-17-18-19-20-21-22-23-24-25-26-27-28-29-31-33-35-37-39-41-51(69)64-46(47(68)40-38-36-34-32-30-16-14-12-10-8-6-4-2)45-77-61-57(75)54(72)59(49(43-66)79-61)82-63-58(76)55(73)60(50(44-67)80-63)81-62-56(74)53(71)52(70)48(42-65)78-62/h5,7,11,13,17-18,20-21,23-24,30,32,38,40,46-50,52-63,65-68,70-76H,3-4,6,8-10,12,14-16,19,22,25-29,31,33-37,39,41-45H2,1-2H3,(H,64,69)/b7-5-,13-11-,18-17-,21-20-,24-23-,32-30+,40-38+. The third-order valence-electron chi connectivity index (χ3n) is 14.9. The fourth-order valence-electron chi connectivity index (χ4n) is 9.88. The average Bonchev–Trinajstić information content (AvgIpc) is 3.59. The predicted molar refractivity (Wildman–Crippen MR) is 314 cm³/mol. The van der Waals surface area contributed by atoms with Crippen LogP contribution in [0.2, 0.25) is 0 Å². The first-order valence-electron chi connectivity index (χ1n) is 30.8. The Bertz CT molecular complexity index is 1820. The van der Waals surface area contributed by atoms with Crippen molar-refractivity contribution in [2.45, 2.75) is 279 Å². The predicted octanol–water partition coefficient (Wildman–Crippen LogP) is 5.98. The summed E-state index contributed by atoms with van der Waals surface area (Å²) >= 11 is 0. The van der Waals surface area contributed by atoms with Crippen LogP contribution in [0.4, 0.5) is 0 Å². The number of carbonyl (C=O) groups is 1. The monoisotopic (exact) mass is 1170 g/mol. The Morgan fingerprint density at radius 3 is 1.37 bits per heavy atom. The van der Waals surface area contributed by atoms with Crippen LogP contribution in [0.15, 0.2) is 85.1 Å². The van der Waals surface area contributed by atoms with E-state index in [0.717, 1.165) is 83.5 Å². The second-order valence-electron chi connectivity index (χ2n) is 21.8. The lowest BCUT2D eigenvalue weighted by atomic mass is 9.96. The van der Waals surface area contributed by atoms with Crippen LogP contribution in [-0.2, 0) is 33.2 Å². The first kappa shape index (κ1) is 73.2. The molecule has 0 saturated carbocycles. The minimum absolute atomic E-state index is 0.223. The summed E-state index contributed by atoms with van der Waals surface area (Å²) in [5, 5.41) is 120. The molecule has 3 aliphatic heterocycles. The van der Waals surface area contributed by atoms with Crippen LogP contribution in [-0.4, -0.2) is 193 Å². The van der Waals surface area contributed by atoms with Crippen molar-refractivity contribution in [2.75, 3.05) is 26.4 Å². The zero-order chi connectivity index (χ0) is 59.7. The fourth-order valence-corrected chi connectivity index (χ4v) is 9.88. The second-order valence-corrected chi connectivity index (χ2v) is 21.8. The summed E-state index contributed by atoms with van der Waals surface area (Å²) in [5.41, 5.74) is 0. The molecule has 0 aromatic rings. The largest absolute Gasteiger partial charge is 0.394 e. The molecule has 19 heteroatoms. The van der Waals surface area contributed by atoms with Gasteiger partial charge in [0.1, 0.15) is 73.2 Å². The number of aliphatic hydroxyl groups excluding tert-OH is 11. The van der Waals surface area contributed by atoms with E-state index in [2.05, 4.69) is 92.1 Å². The first-order valence-corrected chi connectivity index (χ1v) is 30.8. The summed E-state index contributed by atoms with van der Waals surface area (Å²) in [5.74, 6) is -0.298. The number of allylic oxidation sites excluding steroid dienone is 13. The fraction of sp³-hybridized carbons (Fsp3) is 0.762. The topological polar surface area (TPSA) is 307 Å². The van der Waals surface area contributed by atoms with E-state index in [1.54, 1.807) is 6.08 Å². The van der Waals surface area contributed by atoms with Crippen molar-refractivity contribution >= 4 is 5.91 Å². The molecule has 3 saturated heterocycles. The van der Waals surface area contributed by atoms with Gasteiger partial charge in [0, 0.05) is 6.42 Å². The summed E-state index contributed by atoms with van der Waals surface area (Å²) in [7, 11) is 0. The van der Waals surface area contributed by atoms with E-state index in [-0.39, 0.29) is 18.9 Å². The smallest absolute Gasteiger partial charge is 0.220 e. The van der Waals surface area contributed by atoms with Gasteiger partial charge in [-0.1, -0.05) is 176 Å². The lowest BCUT2D eigenvalue weighted by molar-refractivity contribution is -0.379. The molecule has 19 nitrogen and oxygen atoms in total. The number of ether oxygens (including phenoxy) is 6. The third kappa shape index (κ3) is 28.4. The van der Waals surface area contributed by atoms with Gasteiger partial charge in [-0.2, -0.15) is 0 Å². The molecule has 3 heterocycles. The van der Waals surface area contributed by atoms with Gasteiger partial charge in [0.15, 0.2) is 18.9 Å². The number of amides is 1. The van der Waals surface area contributed by atoms with Crippen LogP contribution < -0.4 is 5.32 Å². The summed E-state index contributed by atoms with van der Waals surface area (Å²) in [6.07, 6.45) is 28.5. The van der Waals surface area contributed by atoms with Crippen LogP contribution in [0.1, 0.15) is 174 Å². The van der Waals surface area contributed by atoms with E-state index in [0.29, 0.717) is 12.8 Å². The second kappa shape index (κ2) is 45.3. The van der Waals surface area contributed by atoms with Crippen LogP contribution in [0.5, 0.6) is 0 Å². The summed E-state index contributed by atoms with van der Waals surface area (Å²) in [6, 6.07) is -0.997. The quantitative estimate of drug-likeness (QED) is 0.0247. The molecule has 17 atom stereocenters. The van der Waals surface area contributed by atoms with Crippen molar-refractivity contribution in [2.24, 2.45) is 0 Å². The van der Waals surface area contributed by atoms with Gasteiger partial charge in [0.05, 0.1) is 38.6 Å². The summed E-state index contributed by atoms with van der Waals surface area (Å²) < 4.78 is 34.2. The van der Waals surface area contributed by atoms with E-state index < -0.39 is 124 Å². The van der Waals surface area contributed by atoms with Gasteiger partial charge in [-0.25, -0.2) is 0 Å². The molecular weight excluding hydrogens is 1060 g/mol.